The highest BCUT2D eigenvalue weighted by Gasteiger charge is 2.36. The number of aliphatic hydroxyl groups excluding tert-OH is 1. The summed E-state index contributed by atoms with van der Waals surface area (Å²) in [5.41, 5.74) is 9.94. The van der Waals surface area contributed by atoms with Crippen molar-refractivity contribution in [2.24, 2.45) is 4.99 Å². The van der Waals surface area contributed by atoms with Gasteiger partial charge in [-0.2, -0.15) is 0 Å². The Balaban J connectivity index is 0.904. The summed E-state index contributed by atoms with van der Waals surface area (Å²) in [6, 6.07) is 8.00. The van der Waals surface area contributed by atoms with Crippen LogP contribution in [0.1, 0.15) is 60.6 Å². The van der Waals surface area contributed by atoms with Crippen molar-refractivity contribution in [3.8, 4) is 5.75 Å². The second-order valence-electron chi connectivity index (χ2n) is 12.6. The van der Waals surface area contributed by atoms with Gasteiger partial charge in [-0.3, -0.25) is 19.5 Å². The van der Waals surface area contributed by atoms with Crippen molar-refractivity contribution < 1.29 is 19.4 Å². The zero-order valence-corrected chi connectivity index (χ0v) is 25.8. The number of ether oxygens (including phenoxy) is 1. The zero-order chi connectivity index (χ0) is 31.2. The standard InChI is InChI=1S/C32H43N9O4/c1-32(38-39-32)9-4-30(43)41-12-7-25(8-13-41)37-29-15-28(35-21-36-29)31(44)34-17-26(42)19-40-11-6-23-14-27(3-2-24(23)18-40)45-20-22-5-10-33-16-22/h2-3,10,14-16,21,25-26,38-39,42H,4-9,11-13,17-20H2,1H3,(H,34,44)(H,35,36,37)/t26-/m0/s1. The molecule has 1 atom stereocenters. The molecule has 2 saturated heterocycles. The molecule has 0 saturated carbocycles. The number of amides is 2. The van der Waals surface area contributed by atoms with Crippen molar-refractivity contribution >= 4 is 23.8 Å². The molecule has 5 heterocycles. The number of rotatable bonds is 13. The third-order valence-corrected chi connectivity index (χ3v) is 8.87. The summed E-state index contributed by atoms with van der Waals surface area (Å²) >= 11 is 0. The molecule has 13 nitrogen and oxygen atoms in total. The van der Waals surface area contributed by atoms with Crippen LogP contribution in [0.3, 0.4) is 0 Å². The molecule has 45 heavy (non-hydrogen) atoms. The van der Waals surface area contributed by atoms with Crippen LogP contribution in [-0.2, 0) is 17.8 Å². The first kappa shape index (κ1) is 31.1. The van der Waals surface area contributed by atoms with Gasteiger partial charge in [0.15, 0.2) is 0 Å². The number of nitrogens with zero attached hydrogens (tertiary/aromatic N) is 5. The molecule has 6 rings (SSSR count). The van der Waals surface area contributed by atoms with E-state index in [0.717, 1.165) is 50.9 Å². The summed E-state index contributed by atoms with van der Waals surface area (Å²) in [5.74, 6) is 1.26. The first-order chi connectivity index (χ1) is 21.8. The minimum atomic E-state index is -0.716. The molecule has 1 aromatic carbocycles. The van der Waals surface area contributed by atoms with Gasteiger partial charge in [0, 0.05) is 76.6 Å². The normalized spacial score (nSPS) is 19.9. The molecule has 4 aliphatic heterocycles. The average molecular weight is 618 g/mol. The van der Waals surface area contributed by atoms with Crippen molar-refractivity contribution in [3.63, 3.8) is 0 Å². The highest BCUT2D eigenvalue weighted by atomic mass is 16.5. The van der Waals surface area contributed by atoms with Crippen molar-refractivity contribution in [2.75, 3.05) is 44.6 Å². The topological polar surface area (TPSA) is 176 Å². The number of hydrazine groups is 1. The Kier molecular flexibility index (Phi) is 9.69. The van der Waals surface area contributed by atoms with E-state index < -0.39 is 6.10 Å². The number of aromatic nitrogens is 2. The van der Waals surface area contributed by atoms with E-state index in [1.165, 1.54) is 23.0 Å². The number of likely N-dealkylation sites (tertiary alicyclic amines) is 1. The van der Waals surface area contributed by atoms with Gasteiger partial charge in [0.25, 0.3) is 5.91 Å². The highest BCUT2D eigenvalue weighted by Crippen LogP contribution is 2.25. The van der Waals surface area contributed by atoms with E-state index in [-0.39, 0.29) is 35.8 Å². The van der Waals surface area contributed by atoms with E-state index in [0.29, 0.717) is 38.5 Å². The number of anilines is 1. The highest BCUT2D eigenvalue weighted by molar-refractivity contribution is 5.92. The number of nitrogens with one attached hydrogen (secondary N) is 4. The predicted molar refractivity (Wildman–Crippen MR) is 170 cm³/mol. The Morgan fingerprint density at radius 1 is 1.16 bits per heavy atom. The van der Waals surface area contributed by atoms with Gasteiger partial charge in [-0.1, -0.05) is 6.07 Å². The van der Waals surface area contributed by atoms with Crippen LogP contribution >= 0.6 is 0 Å². The molecule has 0 radical (unpaired) electrons. The van der Waals surface area contributed by atoms with Crippen molar-refractivity contribution in [2.45, 2.75) is 69.8 Å². The van der Waals surface area contributed by atoms with Crippen molar-refractivity contribution in [1.29, 1.82) is 0 Å². The summed E-state index contributed by atoms with van der Waals surface area (Å²) in [6.45, 7) is 6.12. The second kappa shape index (κ2) is 14.0. The van der Waals surface area contributed by atoms with E-state index in [1.807, 2.05) is 30.3 Å². The van der Waals surface area contributed by atoms with Gasteiger partial charge in [-0.05, 0) is 61.4 Å². The predicted octanol–water partition coefficient (Wildman–Crippen LogP) is 1.37. The van der Waals surface area contributed by atoms with Crippen LogP contribution < -0.4 is 26.2 Å². The molecule has 2 fully saturated rings. The van der Waals surface area contributed by atoms with E-state index in [1.54, 1.807) is 6.07 Å². The maximum atomic E-state index is 12.8. The fraction of sp³-hybridized carbons (Fsp3) is 0.531. The van der Waals surface area contributed by atoms with E-state index in [9.17, 15) is 14.7 Å². The van der Waals surface area contributed by atoms with Crippen molar-refractivity contribution in [3.05, 3.63) is 59.2 Å². The number of hydrogen-bond acceptors (Lipinski definition) is 11. The van der Waals surface area contributed by atoms with Crippen LogP contribution in [0.4, 0.5) is 5.82 Å². The smallest absolute Gasteiger partial charge is 0.270 e. The minimum Gasteiger partial charge on any atom is -0.489 e. The minimum absolute atomic E-state index is 0.101. The fourth-order valence-electron chi connectivity index (χ4n) is 5.94. The number of carbonyl (C=O) groups excluding carboxylic acids is 2. The second-order valence-corrected chi connectivity index (χ2v) is 12.6. The summed E-state index contributed by atoms with van der Waals surface area (Å²) in [6.07, 6.45) is 9.02. The summed E-state index contributed by atoms with van der Waals surface area (Å²) in [5, 5.41) is 16.9. The average Bonchev–Trinajstić information content (AvgIpc) is 3.56. The number of benzene rings is 1. The van der Waals surface area contributed by atoms with Gasteiger partial charge in [0.05, 0.1) is 11.8 Å². The zero-order valence-electron chi connectivity index (χ0n) is 25.8. The molecule has 0 bridgehead atoms. The number of hydrogen-bond donors (Lipinski definition) is 5. The Hall–Kier alpha value is -3.91. The first-order valence-corrected chi connectivity index (χ1v) is 15.9. The van der Waals surface area contributed by atoms with Gasteiger partial charge >= 0.3 is 0 Å². The maximum Gasteiger partial charge on any atom is 0.270 e. The van der Waals surface area contributed by atoms with Gasteiger partial charge in [-0.15, -0.1) is 0 Å². The molecule has 2 aromatic rings. The Labute approximate surface area is 263 Å². The SMILES string of the molecule is CC1(CCC(=O)N2CCC(Nc3cc(C(=O)NC[C@H](O)CN4CCc5cc(OCC6=CN=CC6)ccc5C4)ncn3)CC2)NN1. The quantitative estimate of drug-likeness (QED) is 0.206. The maximum absolute atomic E-state index is 12.8. The molecule has 13 heteroatoms. The summed E-state index contributed by atoms with van der Waals surface area (Å²) < 4.78 is 5.94. The lowest BCUT2D eigenvalue weighted by atomic mass is 9.99. The summed E-state index contributed by atoms with van der Waals surface area (Å²) in [4.78, 5) is 42.1. The molecule has 240 valence electrons. The number of aliphatic hydroxyl groups is 1. The van der Waals surface area contributed by atoms with E-state index in [2.05, 4.69) is 53.5 Å². The van der Waals surface area contributed by atoms with Gasteiger partial charge in [0.2, 0.25) is 5.91 Å². The van der Waals surface area contributed by atoms with E-state index in [4.69, 9.17) is 4.74 Å². The lowest BCUT2D eigenvalue weighted by Gasteiger charge is -2.33. The molecule has 0 spiro atoms. The molecule has 5 N–H and O–H groups in total. The van der Waals surface area contributed by atoms with Crippen molar-refractivity contribution in [1.82, 2.24) is 35.9 Å². The molecule has 2 amide bonds. The molecular weight excluding hydrogens is 574 g/mol. The number of fused-ring (bicyclic) bond motifs is 1. The first-order valence-electron chi connectivity index (χ1n) is 15.9. The lowest BCUT2D eigenvalue weighted by molar-refractivity contribution is -0.132. The largest absolute Gasteiger partial charge is 0.489 e. The number of aliphatic imine (C=N–C) groups is 1. The number of carbonyl (C=O) groups is 2. The Bertz CT molecular complexity index is 1440. The fourth-order valence-corrected chi connectivity index (χ4v) is 5.94. The molecule has 4 aliphatic rings. The third-order valence-electron chi connectivity index (χ3n) is 8.87. The van der Waals surface area contributed by atoms with Gasteiger partial charge in [-0.25, -0.2) is 20.8 Å². The Morgan fingerprint density at radius 3 is 2.78 bits per heavy atom. The molecule has 0 unspecified atom stereocenters. The van der Waals surface area contributed by atoms with Crippen LogP contribution in [0.5, 0.6) is 5.75 Å². The number of piperidine rings is 1. The van der Waals surface area contributed by atoms with Gasteiger partial charge < -0.3 is 25.4 Å². The van der Waals surface area contributed by atoms with E-state index >= 15 is 0 Å². The van der Waals surface area contributed by atoms with Gasteiger partial charge in [0.1, 0.15) is 30.2 Å². The molecule has 1 aromatic heterocycles. The number of β-amino-alcohol motifs (C(OH)–C–C–N with tert-alkyl or cyclic N) is 1. The Morgan fingerprint density at radius 2 is 2.00 bits per heavy atom. The van der Waals surface area contributed by atoms with Crippen LogP contribution in [-0.4, -0.2) is 100 Å². The summed E-state index contributed by atoms with van der Waals surface area (Å²) in [7, 11) is 0. The monoisotopic (exact) mass is 617 g/mol. The van der Waals surface area contributed by atoms with Crippen LogP contribution in [0.2, 0.25) is 0 Å². The molecule has 0 aliphatic carbocycles. The van der Waals surface area contributed by atoms with Crippen LogP contribution in [0, 0.1) is 0 Å². The van der Waals surface area contributed by atoms with Crippen LogP contribution in [0.15, 0.2) is 47.4 Å². The third kappa shape index (κ3) is 8.63. The molecular formula is C32H43N9O4. The van der Waals surface area contributed by atoms with Crippen LogP contribution in [0.25, 0.3) is 0 Å². The lowest BCUT2D eigenvalue weighted by Crippen LogP contribution is -2.43.